The average molecular weight is 450 g/mol. The van der Waals surface area contributed by atoms with Crippen LogP contribution < -0.4 is 4.90 Å². The van der Waals surface area contributed by atoms with Crippen LogP contribution in [0, 0.1) is 0 Å². The monoisotopic (exact) mass is 449 g/mol. The van der Waals surface area contributed by atoms with Crippen LogP contribution >= 0.6 is 22.9 Å². The summed E-state index contributed by atoms with van der Waals surface area (Å²) in [6.45, 7) is 6.88. The van der Waals surface area contributed by atoms with Gasteiger partial charge >= 0.3 is 0 Å². The number of pyridine rings is 1. The van der Waals surface area contributed by atoms with Crippen LogP contribution in [0.4, 0.5) is 5.82 Å². The highest BCUT2D eigenvalue weighted by molar-refractivity contribution is 7.18. The van der Waals surface area contributed by atoms with Crippen LogP contribution in [0.25, 0.3) is 21.6 Å². The fourth-order valence-corrected chi connectivity index (χ4v) is 5.14. The van der Waals surface area contributed by atoms with E-state index in [1.165, 1.54) is 10.4 Å². The molecule has 5 rings (SSSR count). The van der Waals surface area contributed by atoms with Gasteiger partial charge in [0, 0.05) is 60.6 Å². The molecule has 1 saturated heterocycles. The van der Waals surface area contributed by atoms with Crippen molar-refractivity contribution in [3.8, 4) is 11.4 Å². The number of hydrogen-bond donors (Lipinski definition) is 0. The average Bonchev–Trinajstić information content (AvgIpc) is 3.24. The van der Waals surface area contributed by atoms with Crippen LogP contribution in [0.15, 0.2) is 54.9 Å². The molecule has 0 N–H and O–H groups in total. The molecule has 31 heavy (non-hydrogen) atoms. The number of rotatable bonds is 5. The number of nitrogens with zero attached hydrogens (tertiary/aromatic N) is 5. The Bertz CT molecular complexity index is 1190. The van der Waals surface area contributed by atoms with E-state index in [9.17, 15) is 0 Å². The van der Waals surface area contributed by atoms with Crippen molar-refractivity contribution in [2.24, 2.45) is 0 Å². The highest BCUT2D eigenvalue weighted by Gasteiger charge is 2.23. The first-order valence-corrected chi connectivity index (χ1v) is 11.8. The maximum atomic E-state index is 6.37. The maximum Gasteiger partial charge on any atom is 0.164 e. The predicted octanol–water partition coefficient (Wildman–Crippen LogP) is 5.29. The van der Waals surface area contributed by atoms with E-state index in [-0.39, 0.29) is 0 Å². The van der Waals surface area contributed by atoms with E-state index in [2.05, 4.69) is 39.9 Å². The van der Waals surface area contributed by atoms with Crippen molar-refractivity contribution >= 4 is 39.0 Å². The Morgan fingerprint density at radius 2 is 1.87 bits per heavy atom. The maximum absolute atomic E-state index is 6.37. The van der Waals surface area contributed by atoms with Crippen molar-refractivity contribution in [1.29, 1.82) is 0 Å². The third-order valence-electron chi connectivity index (χ3n) is 5.72. The van der Waals surface area contributed by atoms with Gasteiger partial charge in [0.25, 0.3) is 0 Å². The van der Waals surface area contributed by atoms with E-state index in [1.54, 1.807) is 17.5 Å². The summed E-state index contributed by atoms with van der Waals surface area (Å²) in [7, 11) is 0. The molecular formula is C24H24ClN5S. The number of aromatic nitrogens is 3. The van der Waals surface area contributed by atoms with Gasteiger partial charge < -0.3 is 4.90 Å². The largest absolute Gasteiger partial charge is 0.353 e. The van der Waals surface area contributed by atoms with E-state index in [0.717, 1.165) is 71.6 Å². The van der Waals surface area contributed by atoms with Gasteiger partial charge in [0.05, 0.1) is 5.39 Å². The summed E-state index contributed by atoms with van der Waals surface area (Å²) >= 11 is 8.13. The van der Waals surface area contributed by atoms with Gasteiger partial charge in [-0.05, 0) is 36.2 Å². The summed E-state index contributed by atoms with van der Waals surface area (Å²) < 4.78 is 0. The molecule has 0 saturated carbocycles. The molecule has 1 aromatic carbocycles. The molecule has 0 atom stereocenters. The summed E-state index contributed by atoms with van der Waals surface area (Å²) in [5.74, 6) is 1.79. The first kappa shape index (κ1) is 20.4. The Balaban J connectivity index is 1.42. The number of hydrogen-bond acceptors (Lipinski definition) is 6. The van der Waals surface area contributed by atoms with Crippen LogP contribution in [0.5, 0.6) is 0 Å². The normalized spacial score (nSPS) is 15.0. The van der Waals surface area contributed by atoms with E-state index >= 15 is 0 Å². The van der Waals surface area contributed by atoms with Crippen LogP contribution in [0.3, 0.4) is 0 Å². The molecule has 7 heteroatoms. The minimum atomic E-state index is 0.749. The number of aryl methyl sites for hydroxylation is 1. The van der Waals surface area contributed by atoms with Gasteiger partial charge in [0.1, 0.15) is 10.6 Å². The van der Waals surface area contributed by atoms with Gasteiger partial charge in [-0.25, -0.2) is 9.97 Å². The van der Waals surface area contributed by atoms with Crippen LogP contribution in [0.1, 0.15) is 17.4 Å². The van der Waals surface area contributed by atoms with E-state index in [1.807, 2.05) is 30.5 Å². The lowest BCUT2D eigenvalue weighted by Crippen LogP contribution is -2.46. The Labute approximate surface area is 191 Å². The van der Waals surface area contributed by atoms with E-state index in [0.29, 0.717) is 0 Å². The van der Waals surface area contributed by atoms with Crippen molar-refractivity contribution in [3.05, 3.63) is 70.3 Å². The number of piperazine rings is 1. The molecule has 1 aliphatic heterocycles. The highest BCUT2D eigenvalue weighted by atomic mass is 35.5. The highest BCUT2D eigenvalue weighted by Crippen LogP contribution is 2.34. The van der Waals surface area contributed by atoms with Gasteiger partial charge in [-0.3, -0.25) is 9.88 Å². The second kappa shape index (κ2) is 8.91. The standard InChI is InChI=1S/C24H24ClN5S/c1-2-19-14-20-23(27-22(28-24(20)31-19)17-7-5-9-26-15-17)30-12-10-29(11-13-30)16-18-6-3-4-8-21(18)25/h3-9,14-15H,2,10-13,16H2,1H3. The molecule has 1 aliphatic rings. The number of halogens is 1. The summed E-state index contributed by atoms with van der Waals surface area (Å²) in [6.07, 6.45) is 4.62. The van der Waals surface area contributed by atoms with Gasteiger partial charge in [-0.15, -0.1) is 11.3 Å². The lowest BCUT2D eigenvalue weighted by molar-refractivity contribution is 0.249. The van der Waals surface area contributed by atoms with Gasteiger partial charge in [-0.2, -0.15) is 0 Å². The Morgan fingerprint density at radius 1 is 1.03 bits per heavy atom. The third kappa shape index (κ3) is 4.28. The topological polar surface area (TPSA) is 45.2 Å². The van der Waals surface area contributed by atoms with Crippen molar-refractivity contribution in [1.82, 2.24) is 19.9 Å². The number of anilines is 1. The molecule has 0 spiro atoms. The second-order valence-electron chi connectivity index (χ2n) is 7.75. The molecule has 0 aliphatic carbocycles. The lowest BCUT2D eigenvalue weighted by Gasteiger charge is -2.35. The molecule has 1 fully saturated rings. The molecule has 5 nitrogen and oxygen atoms in total. The minimum Gasteiger partial charge on any atom is -0.353 e. The van der Waals surface area contributed by atoms with Gasteiger partial charge in [0.2, 0.25) is 0 Å². The molecule has 3 aromatic heterocycles. The number of benzene rings is 1. The number of fused-ring (bicyclic) bond motifs is 1. The Morgan fingerprint density at radius 3 is 2.61 bits per heavy atom. The summed E-state index contributed by atoms with van der Waals surface area (Å²) in [4.78, 5) is 21.4. The first-order valence-electron chi connectivity index (χ1n) is 10.6. The smallest absolute Gasteiger partial charge is 0.164 e. The third-order valence-corrected chi connectivity index (χ3v) is 7.26. The molecule has 0 radical (unpaired) electrons. The summed E-state index contributed by atoms with van der Waals surface area (Å²) in [5.41, 5.74) is 2.14. The lowest BCUT2D eigenvalue weighted by atomic mass is 10.2. The molecule has 0 unspecified atom stereocenters. The molecule has 0 amide bonds. The van der Waals surface area contributed by atoms with Crippen LogP contribution in [-0.2, 0) is 13.0 Å². The molecule has 0 bridgehead atoms. The van der Waals surface area contributed by atoms with Crippen LogP contribution in [-0.4, -0.2) is 46.0 Å². The van der Waals surface area contributed by atoms with Crippen molar-refractivity contribution < 1.29 is 0 Å². The van der Waals surface area contributed by atoms with Gasteiger partial charge in [-0.1, -0.05) is 36.7 Å². The fraction of sp³-hybridized carbons (Fsp3) is 0.292. The zero-order valence-electron chi connectivity index (χ0n) is 17.5. The van der Waals surface area contributed by atoms with Crippen molar-refractivity contribution in [2.75, 3.05) is 31.1 Å². The van der Waals surface area contributed by atoms with Crippen molar-refractivity contribution in [2.45, 2.75) is 19.9 Å². The second-order valence-corrected chi connectivity index (χ2v) is 9.27. The minimum absolute atomic E-state index is 0.749. The first-order chi connectivity index (χ1) is 15.2. The van der Waals surface area contributed by atoms with Crippen LogP contribution in [0.2, 0.25) is 5.02 Å². The molecule has 4 heterocycles. The zero-order valence-corrected chi connectivity index (χ0v) is 19.0. The van der Waals surface area contributed by atoms with E-state index < -0.39 is 0 Å². The Kier molecular flexibility index (Phi) is 5.85. The Hall–Kier alpha value is -2.54. The number of thiophene rings is 1. The zero-order chi connectivity index (χ0) is 21.2. The summed E-state index contributed by atoms with van der Waals surface area (Å²) in [5, 5.41) is 2.00. The van der Waals surface area contributed by atoms with E-state index in [4.69, 9.17) is 21.6 Å². The fourth-order valence-electron chi connectivity index (χ4n) is 3.98. The summed E-state index contributed by atoms with van der Waals surface area (Å²) in [6, 6.07) is 14.3. The molecule has 158 valence electrons. The van der Waals surface area contributed by atoms with Crippen molar-refractivity contribution in [3.63, 3.8) is 0 Å². The molecular weight excluding hydrogens is 426 g/mol. The SMILES string of the molecule is CCc1cc2c(N3CCN(Cc4ccccc4Cl)CC3)nc(-c3cccnc3)nc2s1. The molecule has 4 aromatic rings. The quantitative estimate of drug-likeness (QED) is 0.414. The predicted molar refractivity (Wildman–Crippen MR) is 129 cm³/mol. The van der Waals surface area contributed by atoms with Gasteiger partial charge in [0.15, 0.2) is 5.82 Å².